The molecule has 1 rings (SSSR count). The smallest absolute Gasteiger partial charge is 0.226 e. The molecule has 1 aromatic rings. The van der Waals surface area contributed by atoms with Gasteiger partial charge in [0.05, 0.1) is 12.1 Å². The van der Waals surface area contributed by atoms with Crippen molar-refractivity contribution in [1.29, 1.82) is 0 Å². The van der Waals surface area contributed by atoms with Gasteiger partial charge in [-0.05, 0) is 0 Å². The van der Waals surface area contributed by atoms with Crippen LogP contribution in [0.25, 0.3) is 0 Å². The van der Waals surface area contributed by atoms with E-state index in [-0.39, 0.29) is 18.2 Å². The van der Waals surface area contributed by atoms with E-state index in [9.17, 15) is 9.59 Å². The second-order valence-corrected chi connectivity index (χ2v) is 4.08. The second-order valence-electron chi connectivity index (χ2n) is 3.19. The van der Waals surface area contributed by atoms with Crippen LogP contribution in [0.2, 0.25) is 0 Å². The lowest BCUT2D eigenvalue weighted by Crippen LogP contribution is -2.34. The highest BCUT2D eigenvalue weighted by atomic mass is 32.1. The molecule has 0 radical (unpaired) electrons. The summed E-state index contributed by atoms with van der Waals surface area (Å²) in [6.45, 7) is 2.28. The minimum atomic E-state index is -0.129. The van der Waals surface area contributed by atoms with E-state index in [4.69, 9.17) is 5.73 Å². The molecule has 16 heavy (non-hydrogen) atoms. The Hall–Kier alpha value is -1.63. The number of nitrogens with two attached hydrogens (primary N) is 1. The number of anilines is 1. The van der Waals surface area contributed by atoms with Crippen LogP contribution in [-0.2, 0) is 16.0 Å². The van der Waals surface area contributed by atoms with Gasteiger partial charge in [0.2, 0.25) is 11.8 Å². The molecule has 88 valence electrons. The summed E-state index contributed by atoms with van der Waals surface area (Å²) in [6.07, 6.45) is 0.216. The number of nitrogen functional groups attached to an aromatic ring is 1. The maximum atomic E-state index is 11.4. The fourth-order valence-electron chi connectivity index (χ4n) is 1.07. The third-order valence-electron chi connectivity index (χ3n) is 1.73. The number of nitrogens with one attached hydrogen (secondary N) is 2. The number of hydrogen-bond acceptors (Lipinski definition) is 5. The topological polar surface area (TPSA) is 97.1 Å². The number of nitrogens with zero attached hydrogens (tertiary/aromatic N) is 1. The predicted octanol–water partition coefficient (Wildman–Crippen LogP) is -0.480. The molecule has 1 aromatic heterocycles. The maximum Gasteiger partial charge on any atom is 0.226 e. The van der Waals surface area contributed by atoms with Crippen molar-refractivity contribution in [1.82, 2.24) is 15.6 Å². The van der Waals surface area contributed by atoms with E-state index >= 15 is 0 Å². The number of carbonyl (C=O) groups is 2. The number of thiazole rings is 1. The van der Waals surface area contributed by atoms with Gasteiger partial charge >= 0.3 is 0 Å². The van der Waals surface area contributed by atoms with Gasteiger partial charge in [0, 0.05) is 25.4 Å². The highest BCUT2D eigenvalue weighted by Gasteiger charge is 2.05. The van der Waals surface area contributed by atoms with Crippen LogP contribution in [0.4, 0.5) is 5.13 Å². The summed E-state index contributed by atoms with van der Waals surface area (Å²) in [4.78, 5) is 25.9. The Morgan fingerprint density at radius 3 is 2.69 bits per heavy atom. The van der Waals surface area contributed by atoms with Gasteiger partial charge in [-0.25, -0.2) is 4.98 Å². The molecule has 0 saturated heterocycles. The van der Waals surface area contributed by atoms with Crippen molar-refractivity contribution in [3.8, 4) is 0 Å². The molecule has 0 saturated carbocycles. The molecule has 1 heterocycles. The lowest BCUT2D eigenvalue weighted by atomic mass is 10.3. The highest BCUT2D eigenvalue weighted by Crippen LogP contribution is 2.10. The van der Waals surface area contributed by atoms with Crippen molar-refractivity contribution in [2.24, 2.45) is 0 Å². The number of aromatic nitrogens is 1. The Morgan fingerprint density at radius 1 is 1.44 bits per heavy atom. The molecule has 6 nitrogen and oxygen atoms in total. The van der Waals surface area contributed by atoms with E-state index in [1.165, 1.54) is 18.3 Å². The Labute approximate surface area is 97.2 Å². The van der Waals surface area contributed by atoms with Crippen LogP contribution in [0.3, 0.4) is 0 Å². The van der Waals surface area contributed by atoms with Crippen LogP contribution in [-0.4, -0.2) is 29.9 Å². The van der Waals surface area contributed by atoms with Gasteiger partial charge in [0.1, 0.15) is 0 Å². The normalized spacial score (nSPS) is 9.81. The van der Waals surface area contributed by atoms with E-state index < -0.39 is 0 Å². The monoisotopic (exact) mass is 242 g/mol. The highest BCUT2D eigenvalue weighted by molar-refractivity contribution is 7.13. The van der Waals surface area contributed by atoms with Crippen LogP contribution in [0, 0.1) is 0 Å². The van der Waals surface area contributed by atoms with Gasteiger partial charge in [0.15, 0.2) is 5.13 Å². The lowest BCUT2D eigenvalue weighted by molar-refractivity contribution is -0.121. The van der Waals surface area contributed by atoms with Crippen molar-refractivity contribution in [3.63, 3.8) is 0 Å². The quantitative estimate of drug-likeness (QED) is 0.607. The number of rotatable bonds is 5. The summed E-state index contributed by atoms with van der Waals surface area (Å²) in [5.74, 6) is -0.239. The van der Waals surface area contributed by atoms with E-state index in [0.717, 1.165) is 0 Å². The van der Waals surface area contributed by atoms with Crippen molar-refractivity contribution >= 4 is 28.3 Å². The van der Waals surface area contributed by atoms with Crippen LogP contribution >= 0.6 is 11.3 Å². The zero-order valence-electron chi connectivity index (χ0n) is 8.95. The van der Waals surface area contributed by atoms with Gasteiger partial charge in [-0.3, -0.25) is 9.59 Å². The minimum absolute atomic E-state index is 0.110. The van der Waals surface area contributed by atoms with Gasteiger partial charge in [-0.1, -0.05) is 0 Å². The van der Waals surface area contributed by atoms with Gasteiger partial charge in [-0.2, -0.15) is 0 Å². The first-order chi connectivity index (χ1) is 7.58. The molecule has 0 unspecified atom stereocenters. The first kappa shape index (κ1) is 12.4. The standard InChI is InChI=1S/C9H14N4O2S/c1-6(14)11-2-3-12-8(15)4-7-5-16-9(10)13-7/h5H,2-4H2,1H3,(H2,10,13)(H,11,14)(H,12,15). The van der Waals surface area contributed by atoms with Gasteiger partial charge < -0.3 is 16.4 Å². The molecule has 2 amide bonds. The van der Waals surface area contributed by atoms with Crippen molar-refractivity contribution < 1.29 is 9.59 Å². The summed E-state index contributed by atoms with van der Waals surface area (Å²) in [5, 5.41) is 7.46. The van der Waals surface area contributed by atoms with E-state index in [0.29, 0.717) is 23.9 Å². The van der Waals surface area contributed by atoms with Crippen LogP contribution in [0.15, 0.2) is 5.38 Å². The summed E-state index contributed by atoms with van der Waals surface area (Å²) >= 11 is 1.31. The van der Waals surface area contributed by atoms with E-state index in [1.54, 1.807) is 5.38 Å². The molecular formula is C9H14N4O2S. The Balaban J connectivity index is 2.18. The van der Waals surface area contributed by atoms with Crippen molar-refractivity contribution in [2.75, 3.05) is 18.8 Å². The van der Waals surface area contributed by atoms with E-state index in [1.807, 2.05) is 0 Å². The Morgan fingerprint density at radius 2 is 2.12 bits per heavy atom. The number of carbonyl (C=O) groups excluding carboxylic acids is 2. The molecule has 0 bridgehead atoms. The molecule has 0 aliphatic heterocycles. The Bertz CT molecular complexity index is 377. The first-order valence-corrected chi connectivity index (χ1v) is 5.67. The zero-order valence-corrected chi connectivity index (χ0v) is 9.76. The molecule has 0 atom stereocenters. The van der Waals surface area contributed by atoms with Crippen LogP contribution in [0.5, 0.6) is 0 Å². The Kier molecular flexibility index (Phi) is 4.71. The average molecular weight is 242 g/mol. The van der Waals surface area contributed by atoms with Crippen LogP contribution < -0.4 is 16.4 Å². The van der Waals surface area contributed by atoms with Gasteiger partial charge in [0.25, 0.3) is 0 Å². The molecular weight excluding hydrogens is 228 g/mol. The van der Waals surface area contributed by atoms with E-state index in [2.05, 4.69) is 15.6 Å². The maximum absolute atomic E-state index is 11.4. The second kappa shape index (κ2) is 6.06. The molecule has 7 heteroatoms. The zero-order chi connectivity index (χ0) is 12.0. The molecule has 0 fully saturated rings. The first-order valence-electron chi connectivity index (χ1n) is 4.79. The SMILES string of the molecule is CC(=O)NCCNC(=O)Cc1csc(N)n1. The summed E-state index contributed by atoms with van der Waals surface area (Å²) in [5.41, 5.74) is 6.10. The molecule has 4 N–H and O–H groups in total. The van der Waals surface area contributed by atoms with Crippen LogP contribution in [0.1, 0.15) is 12.6 Å². The van der Waals surface area contributed by atoms with Gasteiger partial charge in [-0.15, -0.1) is 11.3 Å². The third-order valence-corrected chi connectivity index (χ3v) is 2.46. The summed E-state index contributed by atoms with van der Waals surface area (Å²) < 4.78 is 0. The fraction of sp³-hybridized carbons (Fsp3) is 0.444. The predicted molar refractivity (Wildman–Crippen MR) is 61.9 cm³/mol. The number of hydrogen-bond donors (Lipinski definition) is 3. The largest absolute Gasteiger partial charge is 0.375 e. The summed E-state index contributed by atoms with van der Waals surface area (Å²) in [7, 11) is 0. The molecule has 0 aromatic carbocycles. The minimum Gasteiger partial charge on any atom is -0.375 e. The third kappa shape index (κ3) is 4.74. The van der Waals surface area contributed by atoms with Crippen molar-refractivity contribution in [2.45, 2.75) is 13.3 Å². The fourth-order valence-corrected chi connectivity index (χ4v) is 1.63. The molecule has 0 spiro atoms. The number of amides is 2. The molecule has 0 aliphatic rings. The summed E-state index contributed by atoms with van der Waals surface area (Å²) in [6, 6.07) is 0. The van der Waals surface area contributed by atoms with Crippen molar-refractivity contribution in [3.05, 3.63) is 11.1 Å². The molecule has 0 aliphatic carbocycles. The lowest BCUT2D eigenvalue weighted by Gasteiger charge is -2.04. The average Bonchev–Trinajstić information content (AvgIpc) is 2.58.